The Morgan fingerprint density at radius 1 is 1.46 bits per heavy atom. The van der Waals surface area contributed by atoms with Gasteiger partial charge in [-0.2, -0.15) is 0 Å². The summed E-state index contributed by atoms with van der Waals surface area (Å²) in [5.74, 6) is 0.669. The van der Waals surface area contributed by atoms with Gasteiger partial charge in [0.15, 0.2) is 0 Å². The normalized spacial score (nSPS) is 15.8. The highest BCUT2D eigenvalue weighted by atomic mass is 16.2. The zero-order valence-corrected chi connectivity index (χ0v) is 8.46. The largest absolute Gasteiger partial charge is 0.341 e. The molecule has 0 unspecified atom stereocenters. The van der Waals surface area contributed by atoms with Crippen molar-refractivity contribution in [1.29, 1.82) is 0 Å². The van der Waals surface area contributed by atoms with E-state index in [0.29, 0.717) is 18.4 Å². The molecule has 1 fully saturated rings. The van der Waals surface area contributed by atoms with Crippen LogP contribution in [0.4, 0.5) is 0 Å². The summed E-state index contributed by atoms with van der Waals surface area (Å²) in [6, 6.07) is 0. The SMILES string of the molecule is CCCCN(CCN)C(=O)C1CC1. The summed E-state index contributed by atoms with van der Waals surface area (Å²) < 4.78 is 0. The molecule has 0 spiro atoms. The second-order valence-corrected chi connectivity index (χ2v) is 3.74. The van der Waals surface area contributed by atoms with Crippen LogP contribution < -0.4 is 5.73 Å². The number of carbonyl (C=O) groups excluding carboxylic acids is 1. The van der Waals surface area contributed by atoms with Crippen molar-refractivity contribution in [3.05, 3.63) is 0 Å². The Bertz CT molecular complexity index is 166. The summed E-state index contributed by atoms with van der Waals surface area (Å²) in [6.07, 6.45) is 4.41. The van der Waals surface area contributed by atoms with Gasteiger partial charge in [-0.05, 0) is 19.3 Å². The summed E-state index contributed by atoms with van der Waals surface area (Å²) in [4.78, 5) is 13.6. The van der Waals surface area contributed by atoms with Crippen LogP contribution >= 0.6 is 0 Å². The average Bonchev–Trinajstić information content (AvgIpc) is 2.94. The number of hydrogen-bond donors (Lipinski definition) is 1. The smallest absolute Gasteiger partial charge is 0.225 e. The van der Waals surface area contributed by atoms with Crippen LogP contribution in [0.25, 0.3) is 0 Å². The average molecular weight is 184 g/mol. The Kier molecular flexibility index (Phi) is 4.22. The second kappa shape index (κ2) is 5.22. The van der Waals surface area contributed by atoms with E-state index in [1.165, 1.54) is 0 Å². The molecule has 0 saturated heterocycles. The van der Waals surface area contributed by atoms with E-state index >= 15 is 0 Å². The van der Waals surface area contributed by atoms with Crippen LogP contribution in [0.1, 0.15) is 32.6 Å². The molecule has 0 heterocycles. The van der Waals surface area contributed by atoms with Crippen molar-refractivity contribution in [2.45, 2.75) is 32.6 Å². The van der Waals surface area contributed by atoms with Gasteiger partial charge in [-0.1, -0.05) is 13.3 Å². The van der Waals surface area contributed by atoms with Crippen molar-refractivity contribution in [1.82, 2.24) is 4.90 Å². The monoisotopic (exact) mass is 184 g/mol. The third-order valence-corrected chi connectivity index (χ3v) is 2.42. The molecule has 0 aliphatic heterocycles. The van der Waals surface area contributed by atoms with Crippen LogP contribution in [-0.2, 0) is 4.79 Å². The molecule has 13 heavy (non-hydrogen) atoms. The van der Waals surface area contributed by atoms with E-state index in [1.54, 1.807) is 0 Å². The molecule has 1 rings (SSSR count). The number of nitrogens with two attached hydrogens (primary N) is 1. The number of nitrogens with zero attached hydrogens (tertiary/aromatic N) is 1. The van der Waals surface area contributed by atoms with Gasteiger partial charge in [0.1, 0.15) is 0 Å². The topological polar surface area (TPSA) is 46.3 Å². The minimum Gasteiger partial charge on any atom is -0.341 e. The fourth-order valence-electron chi connectivity index (χ4n) is 1.43. The molecule has 0 aromatic rings. The maximum Gasteiger partial charge on any atom is 0.225 e. The minimum absolute atomic E-state index is 0.332. The lowest BCUT2D eigenvalue weighted by Crippen LogP contribution is -2.37. The Morgan fingerprint density at radius 2 is 2.15 bits per heavy atom. The van der Waals surface area contributed by atoms with Gasteiger partial charge in [0.25, 0.3) is 0 Å². The van der Waals surface area contributed by atoms with E-state index in [2.05, 4.69) is 6.92 Å². The first-order valence-electron chi connectivity index (χ1n) is 5.28. The lowest BCUT2D eigenvalue weighted by molar-refractivity contribution is -0.132. The molecule has 1 amide bonds. The Morgan fingerprint density at radius 3 is 2.62 bits per heavy atom. The number of unbranched alkanes of at least 4 members (excludes halogenated alkanes) is 1. The molecule has 0 aromatic heterocycles. The van der Waals surface area contributed by atoms with E-state index in [1.807, 2.05) is 4.90 Å². The zero-order valence-electron chi connectivity index (χ0n) is 8.46. The van der Waals surface area contributed by atoms with Crippen LogP contribution in [0.15, 0.2) is 0 Å². The van der Waals surface area contributed by atoms with Gasteiger partial charge in [0.05, 0.1) is 0 Å². The summed E-state index contributed by atoms with van der Waals surface area (Å²) in [5, 5.41) is 0. The van der Waals surface area contributed by atoms with E-state index in [9.17, 15) is 4.79 Å². The lowest BCUT2D eigenvalue weighted by atomic mass is 10.2. The molecule has 76 valence electrons. The summed E-state index contributed by atoms with van der Waals surface area (Å²) in [7, 11) is 0. The standard InChI is InChI=1S/C10H20N2O/c1-2-3-7-12(8-6-11)10(13)9-4-5-9/h9H,2-8,11H2,1H3. The Hall–Kier alpha value is -0.570. The van der Waals surface area contributed by atoms with Gasteiger partial charge in [-0.25, -0.2) is 0 Å². The zero-order chi connectivity index (χ0) is 9.68. The molecular weight excluding hydrogens is 164 g/mol. The molecule has 0 atom stereocenters. The van der Waals surface area contributed by atoms with Crippen LogP contribution in [0.2, 0.25) is 0 Å². The number of rotatable bonds is 6. The van der Waals surface area contributed by atoms with Crippen molar-refractivity contribution in [2.75, 3.05) is 19.6 Å². The molecule has 3 nitrogen and oxygen atoms in total. The number of carbonyl (C=O) groups is 1. The van der Waals surface area contributed by atoms with Crippen molar-refractivity contribution >= 4 is 5.91 Å². The molecule has 0 bridgehead atoms. The fraction of sp³-hybridized carbons (Fsp3) is 0.900. The van der Waals surface area contributed by atoms with Crippen molar-refractivity contribution in [3.63, 3.8) is 0 Å². The van der Waals surface area contributed by atoms with E-state index in [0.717, 1.165) is 38.8 Å². The van der Waals surface area contributed by atoms with Gasteiger partial charge in [0.2, 0.25) is 5.91 Å². The number of hydrogen-bond acceptors (Lipinski definition) is 2. The highest BCUT2D eigenvalue weighted by Gasteiger charge is 2.32. The van der Waals surface area contributed by atoms with E-state index in [-0.39, 0.29) is 0 Å². The lowest BCUT2D eigenvalue weighted by Gasteiger charge is -2.21. The Balaban J connectivity index is 2.30. The number of amides is 1. The second-order valence-electron chi connectivity index (χ2n) is 3.74. The van der Waals surface area contributed by atoms with Gasteiger partial charge >= 0.3 is 0 Å². The third-order valence-electron chi connectivity index (χ3n) is 2.42. The van der Waals surface area contributed by atoms with Crippen LogP contribution in [0, 0.1) is 5.92 Å². The molecule has 1 aliphatic rings. The minimum atomic E-state index is 0.332. The van der Waals surface area contributed by atoms with Gasteiger partial charge in [-0.15, -0.1) is 0 Å². The molecule has 0 radical (unpaired) electrons. The quantitative estimate of drug-likeness (QED) is 0.669. The first kappa shape index (κ1) is 10.5. The van der Waals surface area contributed by atoms with Crippen molar-refractivity contribution < 1.29 is 4.79 Å². The summed E-state index contributed by atoms with van der Waals surface area (Å²) in [5.41, 5.74) is 5.47. The predicted octanol–water partition coefficient (Wildman–Crippen LogP) is 0.984. The van der Waals surface area contributed by atoms with Crippen LogP contribution in [-0.4, -0.2) is 30.4 Å². The van der Waals surface area contributed by atoms with Crippen molar-refractivity contribution in [2.24, 2.45) is 11.7 Å². The molecule has 1 saturated carbocycles. The van der Waals surface area contributed by atoms with E-state index in [4.69, 9.17) is 5.73 Å². The highest BCUT2D eigenvalue weighted by Crippen LogP contribution is 2.30. The maximum atomic E-state index is 11.7. The van der Waals surface area contributed by atoms with Crippen LogP contribution in [0.5, 0.6) is 0 Å². The van der Waals surface area contributed by atoms with Gasteiger partial charge in [0, 0.05) is 25.6 Å². The summed E-state index contributed by atoms with van der Waals surface area (Å²) >= 11 is 0. The fourth-order valence-corrected chi connectivity index (χ4v) is 1.43. The Labute approximate surface area is 80.3 Å². The molecule has 3 heteroatoms. The molecule has 0 aromatic carbocycles. The molecule has 1 aliphatic carbocycles. The molecule has 2 N–H and O–H groups in total. The predicted molar refractivity (Wildman–Crippen MR) is 53.3 cm³/mol. The van der Waals surface area contributed by atoms with Gasteiger partial charge < -0.3 is 10.6 Å². The van der Waals surface area contributed by atoms with Gasteiger partial charge in [-0.3, -0.25) is 4.79 Å². The van der Waals surface area contributed by atoms with E-state index < -0.39 is 0 Å². The van der Waals surface area contributed by atoms with Crippen molar-refractivity contribution in [3.8, 4) is 0 Å². The first-order chi connectivity index (χ1) is 6.29. The maximum absolute atomic E-state index is 11.7. The third kappa shape index (κ3) is 3.35. The summed E-state index contributed by atoms with van der Waals surface area (Å²) in [6.45, 7) is 4.35. The molecular formula is C10H20N2O. The van der Waals surface area contributed by atoms with Crippen LogP contribution in [0.3, 0.4) is 0 Å². The first-order valence-corrected chi connectivity index (χ1v) is 5.28. The highest BCUT2D eigenvalue weighted by molar-refractivity contribution is 5.81.